The van der Waals surface area contributed by atoms with E-state index in [9.17, 15) is 18.5 Å². The summed E-state index contributed by atoms with van der Waals surface area (Å²) < 4.78 is 39.6. The van der Waals surface area contributed by atoms with Crippen LogP contribution in [0.25, 0.3) is 6.08 Å². The maximum atomic E-state index is 13.5. The molecule has 0 saturated carbocycles. The van der Waals surface area contributed by atoms with Crippen LogP contribution in [0.2, 0.25) is 5.02 Å². The molecule has 1 aromatic heterocycles. The molecule has 204 valence electrons. The second-order valence-corrected chi connectivity index (χ2v) is 11.0. The Balaban J connectivity index is 1.53. The van der Waals surface area contributed by atoms with Crippen LogP contribution in [0.1, 0.15) is 24.0 Å². The minimum absolute atomic E-state index is 0.0754. The van der Waals surface area contributed by atoms with Gasteiger partial charge in [-0.05, 0) is 73.2 Å². The van der Waals surface area contributed by atoms with E-state index in [2.05, 4.69) is 5.32 Å². The van der Waals surface area contributed by atoms with E-state index in [0.717, 1.165) is 5.56 Å². The summed E-state index contributed by atoms with van der Waals surface area (Å²) >= 11 is 5.96. The lowest BCUT2D eigenvalue weighted by molar-refractivity contribution is -0.112. The molecule has 1 N–H and O–H groups in total. The fraction of sp³-hybridized carbons (Fsp3) is 0.133. The molecule has 0 fully saturated rings. The van der Waals surface area contributed by atoms with Gasteiger partial charge in [0, 0.05) is 23.3 Å². The number of halogens is 1. The Bertz CT molecular complexity index is 1630. The number of nitrogens with zero attached hydrogens (tertiary/aromatic N) is 2. The zero-order valence-electron chi connectivity index (χ0n) is 21.6. The van der Waals surface area contributed by atoms with E-state index < -0.39 is 15.9 Å². The third kappa shape index (κ3) is 7.39. The molecule has 0 unspecified atom stereocenters. The lowest BCUT2D eigenvalue weighted by Gasteiger charge is -2.21. The molecule has 1 heterocycles. The summed E-state index contributed by atoms with van der Waals surface area (Å²) in [6, 6.07) is 27.0. The predicted octanol–water partition coefficient (Wildman–Crippen LogP) is 6.27. The first-order valence-electron chi connectivity index (χ1n) is 12.3. The highest BCUT2D eigenvalue weighted by molar-refractivity contribution is 7.89. The lowest BCUT2D eigenvalue weighted by atomic mass is 10.2. The van der Waals surface area contributed by atoms with E-state index >= 15 is 0 Å². The molecule has 0 aliphatic rings. The molecule has 0 atom stereocenters. The molecular weight excluding hydrogens is 550 g/mol. The van der Waals surface area contributed by atoms with E-state index in [1.54, 1.807) is 36.4 Å². The number of nitrogens with one attached hydrogen (secondary N) is 1. The largest absolute Gasteiger partial charge is 0.494 e. The van der Waals surface area contributed by atoms with Crippen molar-refractivity contribution in [2.45, 2.75) is 24.9 Å². The lowest BCUT2D eigenvalue weighted by Crippen LogP contribution is -2.30. The van der Waals surface area contributed by atoms with Crippen molar-refractivity contribution in [3.63, 3.8) is 0 Å². The van der Waals surface area contributed by atoms with E-state index in [0.29, 0.717) is 28.8 Å². The minimum Gasteiger partial charge on any atom is -0.494 e. The average molecular weight is 576 g/mol. The Morgan fingerprint density at radius 1 is 1.00 bits per heavy atom. The van der Waals surface area contributed by atoms with Gasteiger partial charge in [0.2, 0.25) is 10.0 Å². The number of rotatable bonds is 11. The van der Waals surface area contributed by atoms with Crippen LogP contribution >= 0.6 is 11.6 Å². The van der Waals surface area contributed by atoms with E-state index in [4.69, 9.17) is 20.8 Å². The minimum atomic E-state index is -3.91. The number of carbonyl (C=O) groups excluding carboxylic acids is 1. The van der Waals surface area contributed by atoms with Crippen molar-refractivity contribution in [3.05, 3.63) is 119 Å². The first kappa shape index (κ1) is 28.6. The topological polar surface area (TPSA) is 113 Å². The van der Waals surface area contributed by atoms with Gasteiger partial charge in [0.1, 0.15) is 28.9 Å². The van der Waals surface area contributed by atoms with E-state index in [-0.39, 0.29) is 29.3 Å². The Morgan fingerprint density at radius 3 is 2.35 bits per heavy atom. The van der Waals surface area contributed by atoms with Crippen LogP contribution in [-0.4, -0.2) is 25.2 Å². The summed E-state index contributed by atoms with van der Waals surface area (Å²) in [6.45, 7) is 2.42. The highest BCUT2D eigenvalue weighted by atomic mass is 35.5. The van der Waals surface area contributed by atoms with Gasteiger partial charge in [-0.2, -0.15) is 9.57 Å². The Hall–Kier alpha value is -4.36. The molecule has 4 rings (SSSR count). The Labute approximate surface area is 238 Å². The van der Waals surface area contributed by atoms with Crippen LogP contribution in [0.4, 0.5) is 5.69 Å². The summed E-state index contributed by atoms with van der Waals surface area (Å²) in [5.41, 5.74) is 1.12. The molecule has 40 heavy (non-hydrogen) atoms. The van der Waals surface area contributed by atoms with Gasteiger partial charge in [-0.1, -0.05) is 41.9 Å². The first-order chi connectivity index (χ1) is 19.3. The zero-order chi connectivity index (χ0) is 28.5. The van der Waals surface area contributed by atoms with Crippen LogP contribution < -0.4 is 10.1 Å². The highest BCUT2D eigenvalue weighted by Crippen LogP contribution is 2.24. The van der Waals surface area contributed by atoms with Crippen LogP contribution in [0.3, 0.4) is 0 Å². The molecule has 3 aromatic carbocycles. The molecule has 0 saturated heterocycles. The molecule has 0 radical (unpaired) electrons. The molecule has 0 bridgehead atoms. The number of nitriles is 1. The summed E-state index contributed by atoms with van der Waals surface area (Å²) in [7, 11) is -3.91. The number of sulfonamides is 1. The summed E-state index contributed by atoms with van der Waals surface area (Å²) in [5, 5.41) is 12.7. The predicted molar refractivity (Wildman–Crippen MR) is 153 cm³/mol. The van der Waals surface area contributed by atoms with Crippen LogP contribution in [-0.2, 0) is 27.9 Å². The molecule has 10 heteroatoms. The third-order valence-electron chi connectivity index (χ3n) is 5.74. The normalized spacial score (nSPS) is 11.7. The maximum absolute atomic E-state index is 13.5. The zero-order valence-corrected chi connectivity index (χ0v) is 23.2. The van der Waals surface area contributed by atoms with Crippen molar-refractivity contribution in [1.29, 1.82) is 5.26 Å². The first-order valence-corrected chi connectivity index (χ1v) is 14.1. The van der Waals surface area contributed by atoms with Crippen molar-refractivity contribution in [3.8, 4) is 11.8 Å². The van der Waals surface area contributed by atoms with Gasteiger partial charge in [-0.3, -0.25) is 4.79 Å². The van der Waals surface area contributed by atoms with Gasteiger partial charge >= 0.3 is 0 Å². The van der Waals surface area contributed by atoms with Crippen LogP contribution in [0.15, 0.2) is 106 Å². The van der Waals surface area contributed by atoms with Gasteiger partial charge in [0.15, 0.2) is 0 Å². The number of anilines is 1. The van der Waals surface area contributed by atoms with Crippen LogP contribution in [0, 0.1) is 11.3 Å². The highest BCUT2D eigenvalue weighted by Gasteiger charge is 2.26. The maximum Gasteiger partial charge on any atom is 0.266 e. The molecular formula is C30H26ClN3O5S. The molecule has 0 aliphatic carbocycles. The van der Waals surface area contributed by atoms with Gasteiger partial charge in [0.25, 0.3) is 5.91 Å². The SMILES string of the molecule is CCOc1ccc(NC(=O)/C(C#N)=C\c2ccc(CN(Cc3ccccc3)S(=O)(=O)c3ccc(Cl)cc3)o2)cc1. The van der Waals surface area contributed by atoms with E-state index in [1.807, 2.05) is 43.3 Å². The second kappa shape index (κ2) is 13.1. The molecule has 0 spiro atoms. The Morgan fingerprint density at radius 2 is 1.70 bits per heavy atom. The number of benzene rings is 3. The van der Waals surface area contributed by atoms with Crippen molar-refractivity contribution >= 4 is 39.3 Å². The van der Waals surface area contributed by atoms with Crippen molar-refractivity contribution in [1.82, 2.24) is 4.31 Å². The third-order valence-corrected chi connectivity index (χ3v) is 7.80. The average Bonchev–Trinajstić information content (AvgIpc) is 3.40. The number of ether oxygens (including phenoxy) is 1. The smallest absolute Gasteiger partial charge is 0.266 e. The van der Waals surface area contributed by atoms with Crippen molar-refractivity contribution in [2.24, 2.45) is 0 Å². The van der Waals surface area contributed by atoms with Gasteiger partial charge in [0.05, 0.1) is 18.0 Å². The number of carbonyl (C=O) groups is 1. The Kier molecular flexibility index (Phi) is 9.40. The quantitative estimate of drug-likeness (QED) is 0.167. The summed E-state index contributed by atoms with van der Waals surface area (Å²) in [5.74, 6) is 0.626. The number of amides is 1. The van der Waals surface area contributed by atoms with Crippen LogP contribution in [0.5, 0.6) is 5.75 Å². The summed E-state index contributed by atoms with van der Waals surface area (Å²) in [6.07, 6.45) is 1.31. The fourth-order valence-electron chi connectivity index (χ4n) is 3.79. The van der Waals surface area contributed by atoms with Gasteiger partial charge in [-0.15, -0.1) is 0 Å². The van der Waals surface area contributed by atoms with Gasteiger partial charge < -0.3 is 14.5 Å². The van der Waals surface area contributed by atoms with E-state index in [1.165, 1.54) is 34.6 Å². The molecule has 8 nitrogen and oxygen atoms in total. The van der Waals surface area contributed by atoms with Crippen molar-refractivity contribution in [2.75, 3.05) is 11.9 Å². The number of hydrogen-bond donors (Lipinski definition) is 1. The molecule has 4 aromatic rings. The van der Waals surface area contributed by atoms with Crippen molar-refractivity contribution < 1.29 is 22.4 Å². The standard InChI is InChI=1S/C30H26ClN3O5S/c1-2-38-26-12-10-25(11-13-26)33-30(35)23(19-32)18-27-14-15-28(39-27)21-34(20-22-6-4-3-5-7-22)40(36,37)29-16-8-24(31)9-17-29/h3-18H,2,20-21H2,1H3,(H,33,35)/b23-18-. The number of furan rings is 1. The second-order valence-electron chi connectivity index (χ2n) is 8.60. The fourth-order valence-corrected chi connectivity index (χ4v) is 5.31. The molecule has 1 amide bonds. The number of hydrogen-bond acceptors (Lipinski definition) is 6. The molecule has 0 aliphatic heterocycles. The van der Waals surface area contributed by atoms with Gasteiger partial charge in [-0.25, -0.2) is 8.42 Å². The monoisotopic (exact) mass is 575 g/mol. The summed E-state index contributed by atoms with van der Waals surface area (Å²) in [4.78, 5) is 12.8.